The third kappa shape index (κ3) is 5.46. The third-order valence-electron chi connectivity index (χ3n) is 4.43. The van der Waals surface area contributed by atoms with Gasteiger partial charge < -0.3 is 15.0 Å². The van der Waals surface area contributed by atoms with Gasteiger partial charge in [-0.25, -0.2) is 9.97 Å². The van der Waals surface area contributed by atoms with Gasteiger partial charge in [0, 0.05) is 38.1 Å². The van der Waals surface area contributed by atoms with E-state index in [1.807, 2.05) is 19.9 Å². The molecule has 8 heteroatoms. The maximum absolute atomic E-state index is 5.40. The first kappa shape index (κ1) is 20.2. The number of fused-ring (bicyclic) bond motifs is 1. The maximum Gasteiger partial charge on any atom is 0.229 e. The van der Waals surface area contributed by atoms with Crippen LogP contribution in [-0.4, -0.2) is 52.7 Å². The number of nitrogens with one attached hydrogen (secondary N) is 2. The van der Waals surface area contributed by atoms with E-state index >= 15 is 0 Å². The lowest BCUT2D eigenvalue weighted by molar-refractivity contribution is 0.204. The first-order valence-electron chi connectivity index (χ1n) is 9.31. The van der Waals surface area contributed by atoms with Gasteiger partial charge in [0.05, 0.1) is 6.61 Å². The minimum atomic E-state index is 0.405. The van der Waals surface area contributed by atoms with Crippen molar-refractivity contribution in [1.82, 2.24) is 20.2 Å². The van der Waals surface area contributed by atoms with Crippen LogP contribution in [0.3, 0.4) is 0 Å². The van der Waals surface area contributed by atoms with Gasteiger partial charge in [0.2, 0.25) is 11.9 Å². The molecule has 1 aliphatic heterocycles. The summed E-state index contributed by atoms with van der Waals surface area (Å²) in [5, 5.41) is 6.78. The SMILES string of the molecule is COCCNC(=S)/N=C(/Nc1nc(C)cc(C)n1)N1CCc2ccccc2C1. The predicted octanol–water partition coefficient (Wildman–Crippen LogP) is 2.44. The van der Waals surface area contributed by atoms with Crippen LogP contribution in [0.1, 0.15) is 22.5 Å². The van der Waals surface area contributed by atoms with Crippen molar-refractivity contribution in [2.75, 3.05) is 32.1 Å². The fraction of sp³-hybridized carbons (Fsp3) is 0.400. The van der Waals surface area contributed by atoms with Crippen molar-refractivity contribution in [2.24, 2.45) is 4.99 Å². The summed E-state index contributed by atoms with van der Waals surface area (Å²) < 4.78 is 5.06. The van der Waals surface area contributed by atoms with Gasteiger partial charge in [0.1, 0.15) is 0 Å². The zero-order chi connectivity index (χ0) is 19.9. The maximum atomic E-state index is 5.40. The Labute approximate surface area is 171 Å². The average molecular weight is 399 g/mol. The molecule has 2 aromatic rings. The zero-order valence-electron chi connectivity index (χ0n) is 16.5. The molecule has 0 saturated heterocycles. The lowest BCUT2D eigenvalue weighted by Crippen LogP contribution is -2.41. The fourth-order valence-electron chi connectivity index (χ4n) is 3.13. The van der Waals surface area contributed by atoms with E-state index in [-0.39, 0.29) is 0 Å². The molecule has 7 nitrogen and oxygen atoms in total. The van der Waals surface area contributed by atoms with E-state index in [0.717, 1.165) is 30.9 Å². The highest BCUT2D eigenvalue weighted by molar-refractivity contribution is 7.80. The molecule has 1 aliphatic rings. The van der Waals surface area contributed by atoms with Crippen molar-refractivity contribution in [3.8, 4) is 0 Å². The van der Waals surface area contributed by atoms with E-state index in [1.165, 1.54) is 11.1 Å². The number of hydrogen-bond acceptors (Lipinski definition) is 4. The van der Waals surface area contributed by atoms with Gasteiger partial charge in [0.15, 0.2) is 5.11 Å². The van der Waals surface area contributed by atoms with Crippen molar-refractivity contribution in [2.45, 2.75) is 26.8 Å². The predicted molar refractivity (Wildman–Crippen MR) is 116 cm³/mol. The number of guanidine groups is 1. The highest BCUT2D eigenvalue weighted by atomic mass is 32.1. The van der Waals surface area contributed by atoms with Crippen molar-refractivity contribution < 1.29 is 4.74 Å². The number of methoxy groups -OCH3 is 1. The number of benzene rings is 1. The van der Waals surface area contributed by atoms with Crippen LogP contribution in [0, 0.1) is 13.8 Å². The molecule has 2 N–H and O–H groups in total. The molecule has 3 rings (SSSR count). The molecule has 0 aliphatic carbocycles. The highest BCUT2D eigenvalue weighted by Gasteiger charge is 2.20. The van der Waals surface area contributed by atoms with Crippen molar-refractivity contribution in [1.29, 1.82) is 0 Å². The van der Waals surface area contributed by atoms with Gasteiger partial charge >= 0.3 is 0 Å². The zero-order valence-corrected chi connectivity index (χ0v) is 17.3. The topological polar surface area (TPSA) is 74.7 Å². The second-order valence-corrected chi connectivity index (χ2v) is 7.09. The van der Waals surface area contributed by atoms with E-state index in [1.54, 1.807) is 7.11 Å². The van der Waals surface area contributed by atoms with E-state index in [9.17, 15) is 0 Å². The monoisotopic (exact) mass is 398 g/mol. The Morgan fingerprint density at radius 1 is 1.21 bits per heavy atom. The molecule has 148 valence electrons. The van der Waals surface area contributed by atoms with Crippen LogP contribution in [0.5, 0.6) is 0 Å². The van der Waals surface area contributed by atoms with Crippen LogP contribution < -0.4 is 10.6 Å². The number of aliphatic imine (C=N–C) groups is 1. The molecule has 1 aromatic carbocycles. The van der Waals surface area contributed by atoms with Crippen LogP contribution in [0.15, 0.2) is 35.3 Å². The molecule has 0 atom stereocenters. The molecule has 0 spiro atoms. The number of anilines is 1. The van der Waals surface area contributed by atoms with Crippen LogP contribution >= 0.6 is 12.2 Å². The van der Waals surface area contributed by atoms with E-state index < -0.39 is 0 Å². The van der Waals surface area contributed by atoms with Crippen molar-refractivity contribution >= 4 is 29.2 Å². The minimum absolute atomic E-state index is 0.405. The van der Waals surface area contributed by atoms with Gasteiger partial charge in [-0.1, -0.05) is 24.3 Å². The Hall–Kier alpha value is -2.58. The van der Waals surface area contributed by atoms with Crippen molar-refractivity contribution in [3.63, 3.8) is 0 Å². The smallest absolute Gasteiger partial charge is 0.229 e. The number of rotatable bonds is 4. The Morgan fingerprint density at radius 2 is 1.93 bits per heavy atom. The molecule has 0 amide bonds. The summed E-state index contributed by atoms with van der Waals surface area (Å²) in [6.45, 7) is 6.67. The number of aromatic nitrogens is 2. The molecule has 0 saturated carbocycles. The summed E-state index contributed by atoms with van der Waals surface area (Å²) in [6, 6.07) is 10.4. The summed E-state index contributed by atoms with van der Waals surface area (Å²) in [6.07, 6.45) is 0.953. The standard InChI is InChI=1S/C20H26N6OS/c1-14-12-15(2)23-18(22-14)24-19(25-20(28)21-9-11-27-3)26-10-8-16-6-4-5-7-17(16)13-26/h4-7,12H,8-11,13H2,1-3H3,(H2,21,22,23,24,25,28). The van der Waals surface area contributed by atoms with Gasteiger partial charge in [-0.3, -0.25) is 5.32 Å². The first-order chi connectivity index (χ1) is 13.5. The normalized spacial score (nSPS) is 13.8. The van der Waals surface area contributed by atoms with Crippen LogP contribution in [-0.2, 0) is 17.7 Å². The summed E-state index contributed by atoms with van der Waals surface area (Å²) in [7, 11) is 1.66. The summed E-state index contributed by atoms with van der Waals surface area (Å²) >= 11 is 5.40. The Kier molecular flexibility index (Phi) is 6.89. The number of aryl methyl sites for hydroxylation is 2. The number of thiocarbonyl (C=S) groups is 1. The Morgan fingerprint density at radius 3 is 2.64 bits per heavy atom. The molecule has 2 heterocycles. The van der Waals surface area contributed by atoms with Crippen LogP contribution in [0.25, 0.3) is 0 Å². The third-order valence-corrected chi connectivity index (χ3v) is 4.66. The Bertz CT molecular complexity index is 849. The first-order valence-corrected chi connectivity index (χ1v) is 9.72. The molecule has 0 bridgehead atoms. The average Bonchev–Trinajstić information content (AvgIpc) is 2.66. The second kappa shape index (κ2) is 9.57. The van der Waals surface area contributed by atoms with E-state index in [0.29, 0.717) is 30.2 Å². The highest BCUT2D eigenvalue weighted by Crippen LogP contribution is 2.19. The fourth-order valence-corrected chi connectivity index (χ4v) is 3.32. The van der Waals surface area contributed by atoms with Gasteiger partial charge in [-0.05, 0) is 49.7 Å². The lowest BCUT2D eigenvalue weighted by Gasteiger charge is -2.31. The molecule has 0 unspecified atom stereocenters. The Balaban J connectivity index is 1.83. The van der Waals surface area contributed by atoms with E-state index in [4.69, 9.17) is 17.0 Å². The molecule has 0 radical (unpaired) electrons. The lowest BCUT2D eigenvalue weighted by atomic mass is 10.0. The largest absolute Gasteiger partial charge is 0.383 e. The number of ether oxygens (including phenoxy) is 1. The van der Waals surface area contributed by atoms with E-state index in [2.05, 4.69) is 54.8 Å². The summed E-state index contributed by atoms with van der Waals surface area (Å²) in [5.74, 6) is 1.17. The molecule has 0 fully saturated rings. The molecule has 1 aromatic heterocycles. The molecular weight excluding hydrogens is 372 g/mol. The second-order valence-electron chi connectivity index (χ2n) is 6.70. The van der Waals surface area contributed by atoms with Gasteiger partial charge in [0.25, 0.3) is 0 Å². The van der Waals surface area contributed by atoms with Crippen molar-refractivity contribution in [3.05, 3.63) is 52.8 Å². The minimum Gasteiger partial charge on any atom is -0.383 e. The molecule has 28 heavy (non-hydrogen) atoms. The summed E-state index contributed by atoms with van der Waals surface area (Å²) in [5.41, 5.74) is 4.47. The van der Waals surface area contributed by atoms with Gasteiger partial charge in [-0.2, -0.15) is 4.99 Å². The quantitative estimate of drug-likeness (QED) is 0.355. The van der Waals surface area contributed by atoms with Crippen LogP contribution in [0.4, 0.5) is 5.95 Å². The summed E-state index contributed by atoms with van der Waals surface area (Å²) in [4.78, 5) is 15.8. The van der Waals surface area contributed by atoms with Gasteiger partial charge in [-0.15, -0.1) is 0 Å². The number of nitrogens with zero attached hydrogens (tertiary/aromatic N) is 4. The number of hydrogen-bond donors (Lipinski definition) is 2. The van der Waals surface area contributed by atoms with Crippen LogP contribution in [0.2, 0.25) is 0 Å². The molecular formula is C20H26N6OS.